The Morgan fingerprint density at radius 2 is 0.962 bits per heavy atom. The van der Waals surface area contributed by atoms with Gasteiger partial charge in [0.15, 0.2) is 0 Å². The molecule has 5 nitrogen and oxygen atoms in total. The molecule has 3 N–H and O–H groups in total. The van der Waals surface area contributed by atoms with Crippen LogP contribution < -0.4 is 16.0 Å². The van der Waals surface area contributed by atoms with Crippen LogP contribution in [0.15, 0.2) is 12.2 Å². The van der Waals surface area contributed by atoms with Crippen molar-refractivity contribution in [3.05, 3.63) is 12.2 Å². The summed E-state index contributed by atoms with van der Waals surface area (Å²) < 4.78 is 10.6. The first-order chi connectivity index (χ1) is 12.7. The van der Waals surface area contributed by atoms with Gasteiger partial charge in [-0.2, -0.15) is 0 Å². The van der Waals surface area contributed by atoms with Crippen LogP contribution >= 0.6 is 0 Å². The molecule has 5 heteroatoms. The Morgan fingerprint density at radius 1 is 0.615 bits per heavy atom. The maximum absolute atomic E-state index is 5.30. The largest absolute Gasteiger partial charge is 0.370 e. The van der Waals surface area contributed by atoms with E-state index in [1.54, 1.807) is 0 Å². The van der Waals surface area contributed by atoms with Gasteiger partial charge >= 0.3 is 0 Å². The second kappa shape index (κ2) is 10.2. The van der Waals surface area contributed by atoms with Crippen molar-refractivity contribution >= 4 is 0 Å². The molecule has 2 saturated heterocycles. The van der Waals surface area contributed by atoms with Gasteiger partial charge in [-0.3, -0.25) is 0 Å². The lowest BCUT2D eigenvalue weighted by Gasteiger charge is -2.08. The van der Waals surface area contributed by atoms with E-state index in [-0.39, 0.29) is 0 Å². The summed E-state index contributed by atoms with van der Waals surface area (Å²) in [5.41, 5.74) is 0. The van der Waals surface area contributed by atoms with E-state index in [1.165, 1.54) is 58.2 Å². The molecule has 0 aromatic heterocycles. The first-order valence-electron chi connectivity index (χ1n) is 10.6. The number of ether oxygens (including phenoxy) is 2. The summed E-state index contributed by atoms with van der Waals surface area (Å²) in [6.07, 6.45) is 14.9. The molecular weight excluding hydrogens is 326 g/mol. The molecule has 0 bridgehead atoms. The second-order valence-electron chi connectivity index (χ2n) is 8.58. The summed E-state index contributed by atoms with van der Waals surface area (Å²) in [6, 6.07) is 0. The van der Waals surface area contributed by atoms with E-state index in [4.69, 9.17) is 9.47 Å². The minimum atomic E-state index is 0.656. The van der Waals surface area contributed by atoms with Crippen molar-refractivity contribution in [2.45, 2.75) is 62.9 Å². The van der Waals surface area contributed by atoms with Gasteiger partial charge in [0.05, 0.1) is 24.4 Å². The molecule has 0 amide bonds. The van der Waals surface area contributed by atoms with E-state index in [1.807, 2.05) is 21.1 Å². The van der Waals surface area contributed by atoms with Crippen molar-refractivity contribution < 1.29 is 9.47 Å². The maximum Gasteiger partial charge on any atom is 0.0845 e. The fraction of sp³-hybridized carbons (Fsp3) is 0.905. The highest BCUT2D eigenvalue weighted by Crippen LogP contribution is 2.42. The van der Waals surface area contributed by atoms with Gasteiger partial charge in [0.25, 0.3) is 0 Å². The lowest BCUT2D eigenvalue weighted by molar-refractivity contribution is 0.271. The van der Waals surface area contributed by atoms with E-state index < -0.39 is 0 Å². The Hall–Kier alpha value is -0.460. The van der Waals surface area contributed by atoms with Crippen LogP contribution in [0.4, 0.5) is 0 Å². The lowest BCUT2D eigenvalue weighted by Crippen LogP contribution is -2.17. The normalized spacial score (nSPS) is 38.7. The molecule has 6 atom stereocenters. The molecule has 3 aliphatic carbocycles. The molecule has 0 aromatic carbocycles. The first kappa shape index (κ1) is 20.3. The fourth-order valence-electron chi connectivity index (χ4n) is 4.73. The number of nitrogens with one attached hydrogen (secondary N) is 3. The van der Waals surface area contributed by atoms with Crippen LogP contribution in [0.1, 0.15) is 38.5 Å². The van der Waals surface area contributed by atoms with E-state index in [2.05, 4.69) is 28.1 Å². The molecule has 2 unspecified atom stereocenters. The third-order valence-corrected chi connectivity index (χ3v) is 6.22. The molecule has 0 spiro atoms. The molecule has 0 radical (unpaired) electrons. The molecule has 5 rings (SSSR count). The van der Waals surface area contributed by atoms with Gasteiger partial charge in [-0.25, -0.2) is 0 Å². The zero-order valence-corrected chi connectivity index (χ0v) is 16.9. The van der Waals surface area contributed by atoms with Crippen LogP contribution in [0.5, 0.6) is 0 Å². The summed E-state index contributed by atoms with van der Waals surface area (Å²) >= 11 is 0. The molecule has 0 aromatic rings. The Kier molecular flexibility index (Phi) is 7.94. The summed E-state index contributed by atoms with van der Waals surface area (Å²) in [5, 5.41) is 9.56. The summed E-state index contributed by atoms with van der Waals surface area (Å²) in [4.78, 5) is 0. The van der Waals surface area contributed by atoms with Crippen molar-refractivity contribution in [1.29, 1.82) is 0 Å². The van der Waals surface area contributed by atoms with Crippen LogP contribution in [0, 0.1) is 17.8 Å². The summed E-state index contributed by atoms with van der Waals surface area (Å²) in [7, 11) is 6.05. The highest BCUT2D eigenvalue weighted by Gasteiger charge is 2.47. The SMILES string of the molecule is CNCC1CC=CC1.CNCC1C[C@@H]2O[C@@H]2C1.CNCC1C[C@@H]2O[C@@H]2C1. The van der Waals surface area contributed by atoms with E-state index in [0.717, 1.165) is 17.8 Å². The second-order valence-corrected chi connectivity index (χ2v) is 8.58. The molecule has 2 aliphatic heterocycles. The summed E-state index contributed by atoms with van der Waals surface area (Å²) in [5.74, 6) is 2.69. The number of rotatable bonds is 6. The van der Waals surface area contributed by atoms with E-state index in [0.29, 0.717) is 24.4 Å². The molecule has 4 fully saturated rings. The maximum atomic E-state index is 5.30. The monoisotopic (exact) mass is 365 g/mol. The standard InChI is InChI=1S/2C7H13NO.C7H13N/c2*1-8-4-5-2-6-7(3-5)9-6;1-8-6-7-4-2-3-5-7/h2*5-8H,2-4H2,1H3;2-3,7-8H,4-6H2,1H3/t2*5?,6-,7+;. The number of allylic oxidation sites excluding steroid dienone is 2. The van der Waals surface area contributed by atoms with Crippen LogP contribution in [0.25, 0.3) is 0 Å². The van der Waals surface area contributed by atoms with Crippen molar-refractivity contribution in [1.82, 2.24) is 16.0 Å². The molecule has 5 aliphatic rings. The van der Waals surface area contributed by atoms with Gasteiger partial charge < -0.3 is 25.4 Å². The predicted molar refractivity (Wildman–Crippen MR) is 106 cm³/mol. The van der Waals surface area contributed by atoms with E-state index in [9.17, 15) is 0 Å². The van der Waals surface area contributed by atoms with Crippen LogP contribution in [0.2, 0.25) is 0 Å². The van der Waals surface area contributed by atoms with Crippen molar-refractivity contribution in [2.24, 2.45) is 17.8 Å². The Bertz CT molecular complexity index is 389. The number of fused-ring (bicyclic) bond motifs is 2. The van der Waals surface area contributed by atoms with Crippen LogP contribution in [-0.4, -0.2) is 65.2 Å². The van der Waals surface area contributed by atoms with Crippen LogP contribution in [-0.2, 0) is 9.47 Å². The number of hydrogen-bond acceptors (Lipinski definition) is 5. The van der Waals surface area contributed by atoms with Crippen molar-refractivity contribution in [2.75, 3.05) is 40.8 Å². The Morgan fingerprint density at radius 3 is 1.31 bits per heavy atom. The molecule has 26 heavy (non-hydrogen) atoms. The minimum Gasteiger partial charge on any atom is -0.370 e. The van der Waals surface area contributed by atoms with Gasteiger partial charge in [0, 0.05) is 0 Å². The Balaban J connectivity index is 0.000000113. The van der Waals surface area contributed by atoms with Crippen LogP contribution in [0.3, 0.4) is 0 Å². The molecular formula is C21H39N3O2. The van der Waals surface area contributed by atoms with Gasteiger partial charge in [-0.15, -0.1) is 0 Å². The molecule has 2 heterocycles. The zero-order valence-electron chi connectivity index (χ0n) is 16.9. The quantitative estimate of drug-likeness (QED) is 0.496. The first-order valence-corrected chi connectivity index (χ1v) is 10.6. The Labute approximate surface area is 159 Å². The fourth-order valence-corrected chi connectivity index (χ4v) is 4.73. The smallest absolute Gasteiger partial charge is 0.0845 e. The van der Waals surface area contributed by atoms with Crippen molar-refractivity contribution in [3.8, 4) is 0 Å². The topological polar surface area (TPSA) is 61.1 Å². The van der Waals surface area contributed by atoms with Gasteiger partial charge in [0.2, 0.25) is 0 Å². The van der Waals surface area contributed by atoms with Gasteiger partial charge in [0.1, 0.15) is 0 Å². The molecule has 2 saturated carbocycles. The zero-order chi connectivity index (χ0) is 18.4. The predicted octanol–water partition coefficient (Wildman–Crippen LogP) is 1.94. The number of hydrogen-bond donors (Lipinski definition) is 3. The number of epoxide rings is 2. The van der Waals surface area contributed by atoms with E-state index >= 15 is 0 Å². The highest BCUT2D eigenvalue weighted by atomic mass is 16.6. The molecule has 150 valence electrons. The third-order valence-electron chi connectivity index (χ3n) is 6.22. The van der Waals surface area contributed by atoms with Crippen molar-refractivity contribution in [3.63, 3.8) is 0 Å². The van der Waals surface area contributed by atoms with Gasteiger partial charge in [-0.05, 0) is 97.1 Å². The van der Waals surface area contributed by atoms with Gasteiger partial charge in [-0.1, -0.05) is 12.2 Å². The third kappa shape index (κ3) is 6.31. The summed E-state index contributed by atoms with van der Waals surface area (Å²) in [6.45, 7) is 3.53. The average molecular weight is 366 g/mol. The minimum absolute atomic E-state index is 0.656. The average Bonchev–Trinajstić information content (AvgIpc) is 3.32. The highest BCUT2D eigenvalue weighted by molar-refractivity contribution is 4.97. The lowest BCUT2D eigenvalue weighted by atomic mass is 10.1.